The predicted octanol–water partition coefficient (Wildman–Crippen LogP) is -1.22. The van der Waals surface area contributed by atoms with Crippen LogP contribution in [0.2, 0.25) is 0 Å². The summed E-state index contributed by atoms with van der Waals surface area (Å²) in [4.78, 5) is 12.9. The summed E-state index contributed by atoms with van der Waals surface area (Å²) in [5.74, 6) is -0.598. The van der Waals surface area contributed by atoms with E-state index in [-0.39, 0.29) is 56.2 Å². The zero-order valence-electron chi connectivity index (χ0n) is 20.6. The molecule has 0 spiro atoms. The molecular formula is C22H30F2N5NaO3S. The van der Waals surface area contributed by atoms with Gasteiger partial charge in [-0.25, -0.2) is 17.8 Å². The molecule has 2 aliphatic rings. The molecule has 1 amide bonds. The van der Waals surface area contributed by atoms with Crippen molar-refractivity contribution in [2.24, 2.45) is 7.05 Å². The Morgan fingerprint density at radius 2 is 1.85 bits per heavy atom. The molecule has 2 N–H and O–H groups in total. The monoisotopic (exact) mass is 505 g/mol. The number of amides is 1. The number of aromatic nitrogens is 2. The molecule has 4 rings (SSSR count). The van der Waals surface area contributed by atoms with Gasteiger partial charge in [0.05, 0.1) is 24.8 Å². The van der Waals surface area contributed by atoms with E-state index in [1.165, 1.54) is 39.3 Å². The number of nitrogens with one attached hydrogen (secondary N) is 2. The SMILES string of the molecule is Cn1cc(N(CCNCC(F)F)S(=O)(=O)NC(=O)Cc2c3c(cc4c2CCC4)CCC3)cn1.[H-].[Na+]. The van der Waals surface area contributed by atoms with Crippen LogP contribution in [0.1, 0.15) is 42.1 Å². The molecule has 8 nitrogen and oxygen atoms in total. The third-order valence-electron chi connectivity index (χ3n) is 6.24. The van der Waals surface area contributed by atoms with Gasteiger partial charge >= 0.3 is 39.8 Å². The fourth-order valence-electron chi connectivity index (χ4n) is 4.86. The van der Waals surface area contributed by atoms with Crippen LogP contribution < -0.4 is 43.9 Å². The fourth-order valence-corrected chi connectivity index (χ4v) is 6.03. The summed E-state index contributed by atoms with van der Waals surface area (Å²) in [6, 6.07) is 2.26. The molecule has 34 heavy (non-hydrogen) atoms. The second-order valence-corrected chi connectivity index (χ2v) is 10.2. The molecule has 0 saturated carbocycles. The molecule has 0 radical (unpaired) electrons. The van der Waals surface area contributed by atoms with Gasteiger partial charge in [0.2, 0.25) is 5.91 Å². The van der Waals surface area contributed by atoms with Gasteiger partial charge < -0.3 is 6.74 Å². The van der Waals surface area contributed by atoms with E-state index >= 15 is 0 Å². The van der Waals surface area contributed by atoms with Crippen molar-refractivity contribution in [1.82, 2.24) is 19.8 Å². The predicted molar refractivity (Wildman–Crippen MR) is 122 cm³/mol. The zero-order valence-corrected chi connectivity index (χ0v) is 22.4. The first-order valence-electron chi connectivity index (χ1n) is 11.2. The van der Waals surface area contributed by atoms with Gasteiger partial charge in [-0.05, 0) is 66.3 Å². The Morgan fingerprint density at radius 3 is 2.41 bits per heavy atom. The van der Waals surface area contributed by atoms with E-state index in [0.717, 1.165) is 48.4 Å². The Bertz CT molecular complexity index is 1110. The molecule has 0 unspecified atom stereocenters. The Hall–Kier alpha value is -1.53. The number of anilines is 1. The van der Waals surface area contributed by atoms with Crippen LogP contribution in [0.4, 0.5) is 14.5 Å². The van der Waals surface area contributed by atoms with E-state index in [0.29, 0.717) is 0 Å². The first-order chi connectivity index (χ1) is 15.7. The molecule has 12 heteroatoms. The number of hydrogen-bond donors (Lipinski definition) is 2. The van der Waals surface area contributed by atoms with Crippen molar-refractivity contribution >= 4 is 21.8 Å². The van der Waals surface area contributed by atoms with Gasteiger partial charge in [-0.15, -0.1) is 0 Å². The van der Waals surface area contributed by atoms with E-state index in [2.05, 4.69) is 21.2 Å². The van der Waals surface area contributed by atoms with E-state index in [1.54, 1.807) is 7.05 Å². The zero-order chi connectivity index (χ0) is 23.6. The van der Waals surface area contributed by atoms with E-state index in [4.69, 9.17) is 0 Å². The van der Waals surface area contributed by atoms with Crippen molar-refractivity contribution in [1.29, 1.82) is 0 Å². The molecule has 2 aliphatic carbocycles. The Balaban J connectivity index is 0.00000216. The summed E-state index contributed by atoms with van der Waals surface area (Å²) < 4.78 is 55.7. The van der Waals surface area contributed by atoms with Crippen LogP contribution >= 0.6 is 0 Å². The average Bonchev–Trinajstić information content (AvgIpc) is 3.47. The minimum absolute atomic E-state index is 0. The summed E-state index contributed by atoms with van der Waals surface area (Å²) in [7, 11) is -2.62. The minimum Gasteiger partial charge on any atom is -1.00 e. The van der Waals surface area contributed by atoms with Crippen molar-refractivity contribution in [2.75, 3.05) is 23.9 Å². The summed E-state index contributed by atoms with van der Waals surface area (Å²) in [5, 5.41) is 6.51. The summed E-state index contributed by atoms with van der Waals surface area (Å²) in [5.41, 5.74) is 6.19. The number of nitrogens with zero attached hydrogens (tertiary/aromatic N) is 3. The van der Waals surface area contributed by atoms with Crippen LogP contribution in [0, 0.1) is 0 Å². The van der Waals surface area contributed by atoms with Crippen molar-refractivity contribution in [3.8, 4) is 0 Å². The average molecular weight is 506 g/mol. The van der Waals surface area contributed by atoms with Crippen LogP contribution in [0.25, 0.3) is 0 Å². The Morgan fingerprint density at radius 1 is 1.21 bits per heavy atom. The van der Waals surface area contributed by atoms with Gasteiger partial charge in [-0.2, -0.15) is 13.5 Å². The van der Waals surface area contributed by atoms with E-state index < -0.39 is 29.1 Å². The largest absolute Gasteiger partial charge is 1.00 e. The summed E-state index contributed by atoms with van der Waals surface area (Å²) in [6.45, 7) is -0.678. The second kappa shape index (κ2) is 11.5. The van der Waals surface area contributed by atoms with E-state index in [1.807, 2.05) is 0 Å². The van der Waals surface area contributed by atoms with Crippen LogP contribution in [0.3, 0.4) is 0 Å². The van der Waals surface area contributed by atoms with Gasteiger partial charge in [0.25, 0.3) is 6.43 Å². The van der Waals surface area contributed by atoms with Crippen LogP contribution in [0.15, 0.2) is 18.5 Å². The quantitative estimate of drug-likeness (QED) is 0.312. The van der Waals surface area contributed by atoms with E-state index in [9.17, 15) is 22.0 Å². The van der Waals surface area contributed by atoms with Crippen LogP contribution in [-0.2, 0) is 54.2 Å². The molecule has 0 bridgehead atoms. The number of rotatable bonds is 10. The number of fused-ring (bicyclic) bond motifs is 2. The van der Waals surface area contributed by atoms with Crippen molar-refractivity contribution < 1.29 is 53.0 Å². The number of carbonyl (C=O) groups excluding carboxylic acids is 1. The molecule has 182 valence electrons. The number of alkyl halides is 2. The number of carbonyl (C=O) groups is 1. The number of benzene rings is 1. The third kappa shape index (κ3) is 6.17. The van der Waals surface area contributed by atoms with Gasteiger partial charge in [0, 0.05) is 26.3 Å². The maximum Gasteiger partial charge on any atom is 1.00 e. The van der Waals surface area contributed by atoms with Crippen LogP contribution in [-0.4, -0.2) is 50.2 Å². The van der Waals surface area contributed by atoms with Crippen molar-refractivity contribution in [3.63, 3.8) is 0 Å². The Kier molecular flexibility index (Phi) is 9.13. The Labute approximate surface area is 222 Å². The maximum atomic E-state index is 13.1. The molecule has 0 atom stereocenters. The molecule has 0 aliphatic heterocycles. The molecule has 0 saturated heterocycles. The number of aryl methyl sites for hydroxylation is 3. The van der Waals surface area contributed by atoms with Gasteiger partial charge in [-0.1, -0.05) is 6.07 Å². The maximum absolute atomic E-state index is 13.1. The smallest absolute Gasteiger partial charge is 1.00 e. The summed E-state index contributed by atoms with van der Waals surface area (Å²) in [6.07, 6.45) is 6.23. The van der Waals surface area contributed by atoms with Gasteiger partial charge in [0.1, 0.15) is 0 Å². The second-order valence-electron chi connectivity index (χ2n) is 8.58. The molecule has 1 heterocycles. The number of halogens is 2. The number of hydrogen-bond acceptors (Lipinski definition) is 5. The minimum atomic E-state index is -4.26. The molecule has 2 aromatic rings. The van der Waals surface area contributed by atoms with Gasteiger partial charge in [-0.3, -0.25) is 9.48 Å². The molecule has 1 aromatic heterocycles. The first-order valence-corrected chi connectivity index (χ1v) is 12.6. The molecule has 0 fully saturated rings. The fraction of sp³-hybridized carbons (Fsp3) is 0.545. The van der Waals surface area contributed by atoms with Crippen LogP contribution in [0.5, 0.6) is 0 Å². The third-order valence-corrected chi connectivity index (χ3v) is 7.70. The summed E-state index contributed by atoms with van der Waals surface area (Å²) >= 11 is 0. The normalized spacial score (nSPS) is 14.6. The standard InChI is InChI=1S/C22H29F2N5O3S.Na.H/c1-28-14-17(12-26-28)29(9-8-25-13-21(23)24)33(31,32)27-22(30)11-20-18-6-2-4-15(18)10-16-5-3-7-19(16)20;;/h10,12,14,21,25H,2-9,11,13H2,1H3,(H,27,30);;/q;+1;-1. The topological polar surface area (TPSA) is 96.3 Å². The van der Waals surface area contributed by atoms with Crippen molar-refractivity contribution in [2.45, 2.75) is 51.4 Å². The van der Waals surface area contributed by atoms with Crippen molar-refractivity contribution in [3.05, 3.63) is 46.3 Å². The molecular weight excluding hydrogens is 475 g/mol. The molecule has 1 aromatic carbocycles. The van der Waals surface area contributed by atoms with Gasteiger partial charge in [0.15, 0.2) is 0 Å². The first kappa shape index (κ1) is 27.1.